The highest BCUT2D eigenvalue weighted by Gasteiger charge is 2.22. The first kappa shape index (κ1) is 24.3. The van der Waals surface area contributed by atoms with Crippen molar-refractivity contribution in [2.45, 2.75) is 60.5 Å². The van der Waals surface area contributed by atoms with E-state index in [9.17, 15) is 4.79 Å². The van der Waals surface area contributed by atoms with Crippen LogP contribution in [0.15, 0.2) is 23.9 Å². The molecule has 0 aliphatic rings. The molecule has 0 unspecified atom stereocenters. The van der Waals surface area contributed by atoms with Gasteiger partial charge in [0.25, 0.3) is 0 Å². The molecule has 0 fully saturated rings. The number of carbonyl (C=O) groups is 1. The Morgan fingerprint density at radius 1 is 1.00 bits per heavy atom. The van der Waals surface area contributed by atoms with Crippen molar-refractivity contribution in [1.29, 1.82) is 0 Å². The first-order valence-corrected chi connectivity index (χ1v) is 10.6. The normalized spacial score (nSPS) is 11.6. The number of pyridine rings is 1. The van der Waals surface area contributed by atoms with Crippen molar-refractivity contribution in [3.63, 3.8) is 0 Å². The van der Waals surface area contributed by atoms with Crippen molar-refractivity contribution in [2.75, 3.05) is 19.5 Å². The Bertz CT molecular complexity index is 961. The Kier molecular flexibility index (Phi) is 8.08. The van der Waals surface area contributed by atoms with Gasteiger partial charge in [-0.15, -0.1) is 0 Å². The third kappa shape index (κ3) is 5.57. The lowest BCUT2D eigenvalue weighted by Gasteiger charge is -2.21. The molecule has 0 saturated heterocycles. The van der Waals surface area contributed by atoms with Gasteiger partial charge in [-0.05, 0) is 66.7 Å². The number of ether oxygens (including phenoxy) is 2. The highest BCUT2D eigenvalue weighted by atomic mass is 16.5. The molecule has 0 aliphatic heterocycles. The zero-order valence-corrected chi connectivity index (χ0v) is 20.1. The standard InChI is InChI=1S/C25H35N3O3/c1-14(2)27-21-11-10-19(13-26-21)22-18(7)23(30-8)20(17(6)24(22)31-9)12-16(5)25(29)28-15(3)4/h10-15H,1-9H3,(H,26,27)(H,28,29). The van der Waals surface area contributed by atoms with E-state index in [2.05, 4.69) is 29.5 Å². The molecule has 0 atom stereocenters. The van der Waals surface area contributed by atoms with Gasteiger partial charge in [-0.25, -0.2) is 4.98 Å². The van der Waals surface area contributed by atoms with Crippen molar-refractivity contribution < 1.29 is 14.3 Å². The molecule has 0 spiro atoms. The van der Waals surface area contributed by atoms with Crippen LogP contribution >= 0.6 is 0 Å². The molecule has 0 aliphatic carbocycles. The average molecular weight is 426 g/mol. The van der Waals surface area contributed by atoms with Crippen molar-refractivity contribution in [3.05, 3.63) is 40.6 Å². The molecule has 1 amide bonds. The fourth-order valence-corrected chi connectivity index (χ4v) is 3.59. The number of benzene rings is 1. The van der Waals surface area contributed by atoms with Crippen molar-refractivity contribution in [1.82, 2.24) is 10.3 Å². The summed E-state index contributed by atoms with van der Waals surface area (Å²) in [6, 6.07) is 4.36. The first-order chi connectivity index (χ1) is 14.6. The third-order valence-corrected chi connectivity index (χ3v) is 4.97. The number of nitrogens with one attached hydrogen (secondary N) is 2. The molecule has 168 valence electrons. The fraction of sp³-hybridized carbons (Fsp3) is 0.440. The number of methoxy groups -OCH3 is 2. The van der Waals surface area contributed by atoms with Crippen molar-refractivity contribution >= 4 is 17.8 Å². The van der Waals surface area contributed by atoms with Gasteiger partial charge in [0.05, 0.1) is 14.2 Å². The minimum Gasteiger partial charge on any atom is -0.496 e. The van der Waals surface area contributed by atoms with E-state index < -0.39 is 0 Å². The van der Waals surface area contributed by atoms with Crippen LogP contribution in [0.3, 0.4) is 0 Å². The van der Waals surface area contributed by atoms with Gasteiger partial charge in [-0.2, -0.15) is 0 Å². The quantitative estimate of drug-likeness (QED) is 0.574. The SMILES string of the molecule is COc1c(C)c(-c2ccc(NC(C)C)nc2)c(OC)c(C)c1C=C(C)C(=O)NC(C)C. The second-order valence-electron chi connectivity index (χ2n) is 8.29. The van der Waals surface area contributed by atoms with Crippen LogP contribution in [0.4, 0.5) is 5.82 Å². The number of rotatable bonds is 8. The predicted molar refractivity (Wildman–Crippen MR) is 128 cm³/mol. The maximum Gasteiger partial charge on any atom is 0.247 e. The van der Waals surface area contributed by atoms with Crippen LogP contribution in [0.5, 0.6) is 11.5 Å². The molecule has 2 N–H and O–H groups in total. The molecular formula is C25H35N3O3. The van der Waals surface area contributed by atoms with Crippen LogP contribution in [-0.4, -0.2) is 37.2 Å². The van der Waals surface area contributed by atoms with Crippen LogP contribution in [0, 0.1) is 13.8 Å². The lowest BCUT2D eigenvalue weighted by Crippen LogP contribution is -2.30. The van der Waals surface area contributed by atoms with Crippen molar-refractivity contribution in [2.24, 2.45) is 0 Å². The molecule has 1 heterocycles. The molecule has 31 heavy (non-hydrogen) atoms. The first-order valence-electron chi connectivity index (χ1n) is 10.6. The van der Waals surface area contributed by atoms with E-state index in [0.717, 1.165) is 45.1 Å². The Morgan fingerprint density at radius 2 is 1.65 bits per heavy atom. The molecule has 1 aromatic heterocycles. The monoisotopic (exact) mass is 425 g/mol. The third-order valence-electron chi connectivity index (χ3n) is 4.97. The van der Waals surface area contributed by atoms with Gasteiger partial charge in [0.2, 0.25) is 5.91 Å². The molecule has 0 saturated carbocycles. The molecule has 6 nitrogen and oxygen atoms in total. The van der Waals surface area contributed by atoms with Gasteiger partial charge in [-0.3, -0.25) is 4.79 Å². The van der Waals surface area contributed by atoms with Crippen LogP contribution in [-0.2, 0) is 4.79 Å². The number of anilines is 1. The van der Waals surface area contributed by atoms with Crippen LogP contribution in [0.2, 0.25) is 0 Å². The summed E-state index contributed by atoms with van der Waals surface area (Å²) in [6.07, 6.45) is 3.70. The van der Waals surface area contributed by atoms with E-state index in [4.69, 9.17) is 9.47 Å². The number of carbonyl (C=O) groups excluding carboxylic acids is 1. The maximum atomic E-state index is 12.4. The zero-order chi connectivity index (χ0) is 23.3. The highest BCUT2D eigenvalue weighted by molar-refractivity contribution is 5.98. The van der Waals surface area contributed by atoms with Gasteiger partial charge >= 0.3 is 0 Å². The highest BCUT2D eigenvalue weighted by Crippen LogP contribution is 2.44. The smallest absolute Gasteiger partial charge is 0.247 e. The van der Waals surface area contributed by atoms with E-state index in [-0.39, 0.29) is 11.9 Å². The van der Waals surface area contributed by atoms with E-state index in [0.29, 0.717) is 11.6 Å². The summed E-state index contributed by atoms with van der Waals surface area (Å²) in [5, 5.41) is 6.23. The molecular weight excluding hydrogens is 390 g/mol. The van der Waals surface area contributed by atoms with Gasteiger partial charge < -0.3 is 20.1 Å². The Hall–Kier alpha value is -3.02. The number of aromatic nitrogens is 1. The van der Waals surface area contributed by atoms with E-state index in [1.54, 1.807) is 21.1 Å². The number of amides is 1. The average Bonchev–Trinajstić information content (AvgIpc) is 2.70. The number of hydrogen-bond donors (Lipinski definition) is 2. The van der Waals surface area contributed by atoms with Gasteiger partial charge in [-0.1, -0.05) is 0 Å². The van der Waals surface area contributed by atoms with E-state index >= 15 is 0 Å². The fourth-order valence-electron chi connectivity index (χ4n) is 3.59. The molecule has 0 radical (unpaired) electrons. The van der Waals surface area contributed by atoms with E-state index in [1.807, 2.05) is 52.1 Å². The summed E-state index contributed by atoms with van der Waals surface area (Å²) >= 11 is 0. The largest absolute Gasteiger partial charge is 0.496 e. The summed E-state index contributed by atoms with van der Waals surface area (Å²) in [5.74, 6) is 2.18. The van der Waals surface area contributed by atoms with Gasteiger partial charge in [0.1, 0.15) is 17.3 Å². The lowest BCUT2D eigenvalue weighted by molar-refractivity contribution is -0.117. The number of nitrogens with zero attached hydrogens (tertiary/aromatic N) is 1. The van der Waals surface area contributed by atoms with Gasteiger partial charge in [0.15, 0.2) is 0 Å². The summed E-state index contributed by atoms with van der Waals surface area (Å²) in [5.41, 5.74) is 5.15. The molecule has 2 aromatic rings. The number of hydrogen-bond acceptors (Lipinski definition) is 5. The maximum absolute atomic E-state index is 12.4. The summed E-state index contributed by atoms with van der Waals surface area (Å²) in [4.78, 5) is 17.0. The summed E-state index contributed by atoms with van der Waals surface area (Å²) < 4.78 is 11.6. The Balaban J connectivity index is 2.64. The second kappa shape index (κ2) is 10.3. The lowest BCUT2D eigenvalue weighted by atomic mass is 9.91. The minimum absolute atomic E-state index is 0.0677. The molecule has 2 rings (SSSR count). The zero-order valence-electron chi connectivity index (χ0n) is 20.1. The Labute approximate surface area is 186 Å². The van der Waals surface area contributed by atoms with Crippen LogP contribution in [0.1, 0.15) is 51.3 Å². The molecule has 6 heteroatoms. The molecule has 1 aromatic carbocycles. The summed E-state index contributed by atoms with van der Waals surface area (Å²) in [7, 11) is 3.30. The summed E-state index contributed by atoms with van der Waals surface area (Å²) in [6.45, 7) is 13.8. The Morgan fingerprint density at radius 3 is 2.13 bits per heavy atom. The topological polar surface area (TPSA) is 72.5 Å². The van der Waals surface area contributed by atoms with Crippen LogP contribution in [0.25, 0.3) is 17.2 Å². The second-order valence-corrected chi connectivity index (χ2v) is 8.29. The van der Waals surface area contributed by atoms with Gasteiger partial charge in [0, 0.05) is 51.7 Å². The van der Waals surface area contributed by atoms with Crippen LogP contribution < -0.4 is 20.1 Å². The van der Waals surface area contributed by atoms with Crippen molar-refractivity contribution in [3.8, 4) is 22.6 Å². The molecule has 0 bridgehead atoms. The predicted octanol–water partition coefficient (Wildman–Crippen LogP) is 5.13. The minimum atomic E-state index is -0.102. The van der Waals surface area contributed by atoms with E-state index in [1.165, 1.54) is 0 Å².